The summed E-state index contributed by atoms with van der Waals surface area (Å²) >= 11 is 16.0. The molecule has 0 aliphatic carbocycles. The van der Waals surface area contributed by atoms with E-state index in [1.807, 2.05) is 31.2 Å². The smallest absolute Gasteiger partial charge is 0.231 e. The Morgan fingerprint density at radius 2 is 1.70 bits per heavy atom. The predicted octanol–water partition coefficient (Wildman–Crippen LogP) is 7.67. The second-order valence-electron chi connectivity index (χ2n) is 7.96. The lowest BCUT2D eigenvalue weighted by atomic mass is 10.0. The molecule has 4 rings (SSSR count). The van der Waals surface area contributed by atoms with Crippen LogP contribution in [0.25, 0.3) is 16.9 Å². The lowest BCUT2D eigenvalue weighted by Crippen LogP contribution is -2.26. The molecule has 4 aromatic rings. The first-order valence-corrected chi connectivity index (χ1v) is 13.9. The number of hydrogen-bond acceptors (Lipinski definition) is 3. The van der Waals surface area contributed by atoms with Crippen LogP contribution in [0.5, 0.6) is 0 Å². The van der Waals surface area contributed by atoms with Crippen LogP contribution in [-0.2, 0) is 29.2 Å². The van der Waals surface area contributed by atoms with E-state index in [0.717, 1.165) is 28.2 Å². The van der Waals surface area contributed by atoms with Crippen LogP contribution in [0.3, 0.4) is 0 Å². The molecule has 1 heterocycles. The molecule has 0 aliphatic rings. The first-order chi connectivity index (χ1) is 17.4. The summed E-state index contributed by atoms with van der Waals surface area (Å²) in [6.07, 6.45) is -4.37. The van der Waals surface area contributed by atoms with Crippen LogP contribution in [0.4, 0.5) is 13.2 Å². The Morgan fingerprint density at radius 3 is 2.32 bits per heavy atom. The molecule has 0 atom stereocenters. The number of sulfonamides is 1. The second-order valence-corrected chi connectivity index (χ2v) is 11.5. The SMILES string of the molecule is CCc1c(CNS(=O)(=O)c2ccccc2C(F)(F)F)nn(-c2ccc(Cl)cc2Cl)c1-c1ccc(Br)cc1. The molecule has 0 saturated carbocycles. The fourth-order valence-corrected chi connectivity index (χ4v) is 5.88. The molecule has 12 heteroatoms. The van der Waals surface area contributed by atoms with Gasteiger partial charge in [-0.15, -0.1) is 0 Å². The van der Waals surface area contributed by atoms with Crippen molar-refractivity contribution < 1.29 is 21.6 Å². The molecule has 0 fully saturated rings. The van der Waals surface area contributed by atoms with Gasteiger partial charge in [0.05, 0.1) is 39.1 Å². The number of rotatable bonds is 7. The first-order valence-electron chi connectivity index (χ1n) is 10.9. The van der Waals surface area contributed by atoms with Crippen LogP contribution >= 0.6 is 39.1 Å². The number of nitrogens with zero attached hydrogens (tertiary/aromatic N) is 2. The normalized spacial score (nSPS) is 12.2. The fraction of sp³-hybridized carbons (Fsp3) is 0.160. The molecule has 194 valence electrons. The van der Waals surface area contributed by atoms with Gasteiger partial charge in [0, 0.05) is 20.6 Å². The van der Waals surface area contributed by atoms with Gasteiger partial charge in [0.25, 0.3) is 0 Å². The summed E-state index contributed by atoms with van der Waals surface area (Å²) in [6, 6.07) is 16.4. The van der Waals surface area contributed by atoms with Gasteiger partial charge in [-0.3, -0.25) is 0 Å². The number of aromatic nitrogens is 2. The standard InChI is InChI=1S/C25H19BrCl2F3N3O2S/c1-2-18-21(14-32-37(35,36)23-6-4-3-5-19(23)25(29,30)31)33-34(22-12-11-17(27)13-20(22)28)24(18)15-7-9-16(26)10-8-15/h3-13,32H,2,14H2,1H3. The summed E-state index contributed by atoms with van der Waals surface area (Å²) in [5.74, 6) is 0. The number of hydrogen-bond donors (Lipinski definition) is 1. The van der Waals surface area contributed by atoms with Gasteiger partial charge in [-0.1, -0.05) is 70.3 Å². The first kappa shape index (κ1) is 27.7. The van der Waals surface area contributed by atoms with Crippen molar-refractivity contribution in [1.82, 2.24) is 14.5 Å². The molecule has 0 aliphatic heterocycles. The lowest BCUT2D eigenvalue weighted by molar-refractivity contribution is -0.139. The third-order valence-electron chi connectivity index (χ3n) is 5.59. The van der Waals surface area contributed by atoms with Crippen molar-refractivity contribution in [2.24, 2.45) is 0 Å². The van der Waals surface area contributed by atoms with Gasteiger partial charge in [0.1, 0.15) is 0 Å². The van der Waals surface area contributed by atoms with Crippen LogP contribution in [0.1, 0.15) is 23.7 Å². The van der Waals surface area contributed by atoms with Crippen molar-refractivity contribution in [2.45, 2.75) is 31.0 Å². The van der Waals surface area contributed by atoms with Gasteiger partial charge in [-0.25, -0.2) is 17.8 Å². The zero-order valence-corrected chi connectivity index (χ0v) is 23.1. The molecule has 0 unspecified atom stereocenters. The van der Waals surface area contributed by atoms with E-state index < -0.39 is 26.7 Å². The van der Waals surface area contributed by atoms with Crippen LogP contribution in [0.15, 0.2) is 76.1 Å². The molecule has 1 aromatic heterocycles. The second kappa shape index (κ2) is 10.8. The van der Waals surface area contributed by atoms with Crippen LogP contribution < -0.4 is 4.72 Å². The molecular weight excluding hydrogens is 614 g/mol. The summed E-state index contributed by atoms with van der Waals surface area (Å²) < 4.78 is 71.0. The largest absolute Gasteiger partial charge is 0.417 e. The summed E-state index contributed by atoms with van der Waals surface area (Å²) in [5.41, 5.74) is 1.78. The summed E-state index contributed by atoms with van der Waals surface area (Å²) in [6.45, 7) is 1.55. The highest BCUT2D eigenvalue weighted by Gasteiger charge is 2.37. The van der Waals surface area contributed by atoms with Crippen LogP contribution in [0, 0.1) is 0 Å². The molecule has 3 aromatic carbocycles. The third kappa shape index (κ3) is 5.88. The van der Waals surface area contributed by atoms with E-state index >= 15 is 0 Å². The quantitative estimate of drug-likeness (QED) is 0.227. The van der Waals surface area contributed by atoms with Gasteiger partial charge >= 0.3 is 6.18 Å². The minimum absolute atomic E-state index is 0.322. The Kier molecular flexibility index (Phi) is 8.06. The van der Waals surface area contributed by atoms with Gasteiger partial charge in [-0.2, -0.15) is 18.3 Å². The summed E-state index contributed by atoms with van der Waals surface area (Å²) in [7, 11) is -4.52. The van der Waals surface area contributed by atoms with Crippen molar-refractivity contribution in [2.75, 3.05) is 0 Å². The van der Waals surface area contributed by atoms with Gasteiger partial charge in [-0.05, 0) is 48.9 Å². The number of alkyl halides is 3. The van der Waals surface area contributed by atoms with Gasteiger partial charge in [0.15, 0.2) is 0 Å². The molecule has 1 N–H and O–H groups in total. The lowest BCUT2D eigenvalue weighted by Gasteiger charge is -2.13. The molecule has 0 amide bonds. The Balaban J connectivity index is 1.81. The molecule has 0 radical (unpaired) electrons. The molecular formula is C25H19BrCl2F3N3O2S. The minimum atomic E-state index is -4.83. The average Bonchev–Trinajstić information content (AvgIpc) is 3.21. The third-order valence-corrected chi connectivity index (χ3v) is 8.11. The average molecular weight is 633 g/mol. The Morgan fingerprint density at radius 1 is 1.03 bits per heavy atom. The number of halogens is 6. The fourth-order valence-electron chi connectivity index (χ4n) is 3.92. The molecule has 0 saturated heterocycles. The summed E-state index contributed by atoms with van der Waals surface area (Å²) in [4.78, 5) is -0.853. The van der Waals surface area contributed by atoms with E-state index in [1.165, 1.54) is 6.07 Å². The van der Waals surface area contributed by atoms with Crippen molar-refractivity contribution in [3.8, 4) is 16.9 Å². The van der Waals surface area contributed by atoms with E-state index in [4.69, 9.17) is 23.2 Å². The molecule has 37 heavy (non-hydrogen) atoms. The van der Waals surface area contributed by atoms with Gasteiger partial charge < -0.3 is 0 Å². The summed E-state index contributed by atoms with van der Waals surface area (Å²) in [5, 5.41) is 5.39. The Hall–Kier alpha value is -2.37. The van der Waals surface area contributed by atoms with Crippen molar-refractivity contribution in [3.63, 3.8) is 0 Å². The van der Waals surface area contributed by atoms with E-state index in [9.17, 15) is 21.6 Å². The molecule has 0 spiro atoms. The monoisotopic (exact) mass is 631 g/mol. The zero-order valence-electron chi connectivity index (χ0n) is 19.2. The van der Waals surface area contributed by atoms with Crippen molar-refractivity contribution in [1.29, 1.82) is 0 Å². The zero-order chi connectivity index (χ0) is 27.0. The van der Waals surface area contributed by atoms with Crippen LogP contribution in [-0.4, -0.2) is 18.2 Å². The number of nitrogens with one attached hydrogen (secondary N) is 1. The highest BCUT2D eigenvalue weighted by molar-refractivity contribution is 9.10. The maximum absolute atomic E-state index is 13.5. The topological polar surface area (TPSA) is 64.0 Å². The maximum Gasteiger partial charge on any atom is 0.417 e. The van der Waals surface area contributed by atoms with Crippen molar-refractivity contribution >= 4 is 49.2 Å². The molecule has 5 nitrogen and oxygen atoms in total. The Labute approximate surface area is 230 Å². The Bertz CT molecular complexity index is 1560. The molecule has 0 bridgehead atoms. The predicted molar refractivity (Wildman–Crippen MR) is 142 cm³/mol. The van der Waals surface area contributed by atoms with E-state index in [2.05, 4.69) is 25.8 Å². The van der Waals surface area contributed by atoms with E-state index in [1.54, 1.807) is 22.9 Å². The maximum atomic E-state index is 13.5. The highest BCUT2D eigenvalue weighted by Crippen LogP contribution is 2.36. The van der Waals surface area contributed by atoms with Gasteiger partial charge in [0.2, 0.25) is 10.0 Å². The number of benzene rings is 3. The van der Waals surface area contributed by atoms with Crippen molar-refractivity contribution in [3.05, 3.63) is 98.1 Å². The van der Waals surface area contributed by atoms with E-state index in [-0.39, 0.29) is 6.54 Å². The van der Waals surface area contributed by atoms with Crippen LogP contribution in [0.2, 0.25) is 10.0 Å². The minimum Gasteiger partial charge on any atom is -0.231 e. The van der Waals surface area contributed by atoms with E-state index in [0.29, 0.717) is 39.1 Å². The highest BCUT2D eigenvalue weighted by atomic mass is 79.9.